The van der Waals surface area contributed by atoms with Crippen molar-refractivity contribution in [3.63, 3.8) is 0 Å². The minimum atomic E-state index is -0.203. The third-order valence-corrected chi connectivity index (χ3v) is 6.01. The molecule has 0 unspecified atom stereocenters. The minimum Gasteiger partial charge on any atom is -0.461 e. The summed E-state index contributed by atoms with van der Waals surface area (Å²) in [5.41, 5.74) is 1.39. The average Bonchev–Trinajstić information content (AvgIpc) is 2.48. The topological polar surface area (TPSA) is 49.9 Å². The SMILES string of the molecule is CC(=O)O[C@@H]1CC[C@@H]2N3C(=O)CCC[C@H]3C[C@H]3CC(C)=C[C@H]1N32. The molecule has 1 amide bonds. The first-order valence-electron chi connectivity index (χ1n) is 8.97. The lowest BCUT2D eigenvalue weighted by Crippen LogP contribution is -2.71. The number of hydrogen-bond acceptors (Lipinski definition) is 4. The van der Waals surface area contributed by atoms with Crippen LogP contribution in [0.2, 0.25) is 0 Å². The number of hydrogen-bond donors (Lipinski definition) is 0. The highest BCUT2D eigenvalue weighted by Crippen LogP contribution is 2.43. The third kappa shape index (κ3) is 2.49. The number of rotatable bonds is 1. The monoisotopic (exact) mass is 318 g/mol. The van der Waals surface area contributed by atoms with Gasteiger partial charge in [0.15, 0.2) is 0 Å². The fraction of sp³-hybridized carbons (Fsp3) is 0.778. The highest BCUT2D eigenvalue weighted by Gasteiger charge is 2.52. The molecule has 0 aliphatic carbocycles. The van der Waals surface area contributed by atoms with Crippen LogP contribution in [0.15, 0.2) is 11.6 Å². The molecule has 23 heavy (non-hydrogen) atoms. The number of fused-ring (bicyclic) bond motifs is 2. The van der Waals surface area contributed by atoms with E-state index in [1.54, 1.807) is 0 Å². The van der Waals surface area contributed by atoms with Gasteiger partial charge in [-0.3, -0.25) is 14.5 Å². The van der Waals surface area contributed by atoms with Gasteiger partial charge >= 0.3 is 5.97 Å². The second kappa shape index (κ2) is 5.62. The van der Waals surface area contributed by atoms with Crippen molar-refractivity contribution in [2.45, 2.75) is 89.2 Å². The van der Waals surface area contributed by atoms with Crippen LogP contribution in [0.5, 0.6) is 0 Å². The van der Waals surface area contributed by atoms with Crippen molar-refractivity contribution < 1.29 is 14.3 Å². The van der Waals surface area contributed by atoms with Crippen LogP contribution < -0.4 is 0 Å². The molecule has 0 aromatic heterocycles. The van der Waals surface area contributed by atoms with E-state index in [0.29, 0.717) is 24.4 Å². The summed E-state index contributed by atoms with van der Waals surface area (Å²) in [6.07, 6.45) is 9.18. The fourth-order valence-corrected chi connectivity index (χ4v) is 5.29. The molecule has 5 heteroatoms. The summed E-state index contributed by atoms with van der Waals surface area (Å²) in [4.78, 5) is 28.7. The Morgan fingerprint density at radius 1 is 1.26 bits per heavy atom. The molecule has 4 heterocycles. The van der Waals surface area contributed by atoms with Crippen molar-refractivity contribution in [3.8, 4) is 0 Å². The lowest BCUT2D eigenvalue weighted by molar-refractivity contribution is -0.181. The fourth-order valence-electron chi connectivity index (χ4n) is 5.29. The Hall–Kier alpha value is -1.36. The van der Waals surface area contributed by atoms with Crippen LogP contribution in [0.3, 0.4) is 0 Å². The van der Waals surface area contributed by atoms with E-state index in [0.717, 1.165) is 38.5 Å². The van der Waals surface area contributed by atoms with E-state index in [-0.39, 0.29) is 24.3 Å². The maximum absolute atomic E-state index is 12.5. The van der Waals surface area contributed by atoms with Gasteiger partial charge in [-0.2, -0.15) is 0 Å². The number of carbonyl (C=O) groups is 2. The second-order valence-electron chi connectivity index (χ2n) is 7.60. The standard InChI is InChI=1S/C18H26N2O3/c1-11-8-14-10-13-4-3-5-18(22)20(13)17-7-6-16(23-12(2)21)15(9-11)19(14)17/h9,13-17H,3-8,10H2,1-2H3/t13-,14+,15+,16+,17-/m0/s1. The second-order valence-corrected chi connectivity index (χ2v) is 7.60. The molecule has 5 atom stereocenters. The van der Waals surface area contributed by atoms with Crippen molar-refractivity contribution in [1.82, 2.24) is 9.80 Å². The molecule has 0 N–H and O–H groups in total. The lowest BCUT2D eigenvalue weighted by atomic mass is 9.79. The number of esters is 1. The van der Waals surface area contributed by atoms with Gasteiger partial charge in [0.1, 0.15) is 6.10 Å². The van der Waals surface area contributed by atoms with Crippen molar-refractivity contribution in [3.05, 3.63) is 11.6 Å². The summed E-state index contributed by atoms with van der Waals surface area (Å²) in [6, 6.07) is 1.03. The van der Waals surface area contributed by atoms with Gasteiger partial charge in [-0.1, -0.05) is 11.6 Å². The van der Waals surface area contributed by atoms with Crippen molar-refractivity contribution >= 4 is 11.9 Å². The van der Waals surface area contributed by atoms with E-state index in [4.69, 9.17) is 4.74 Å². The van der Waals surface area contributed by atoms with Gasteiger partial charge in [0, 0.05) is 25.4 Å². The van der Waals surface area contributed by atoms with E-state index in [1.165, 1.54) is 12.5 Å². The van der Waals surface area contributed by atoms with Gasteiger partial charge < -0.3 is 9.64 Å². The molecule has 3 saturated heterocycles. The number of ether oxygens (including phenoxy) is 1. The Morgan fingerprint density at radius 2 is 2.09 bits per heavy atom. The number of carbonyl (C=O) groups excluding carboxylic acids is 2. The quantitative estimate of drug-likeness (QED) is 0.549. The zero-order valence-electron chi connectivity index (χ0n) is 14.0. The minimum absolute atomic E-state index is 0.0713. The normalized spacial score (nSPS) is 40.1. The predicted molar refractivity (Wildman–Crippen MR) is 85.5 cm³/mol. The van der Waals surface area contributed by atoms with Gasteiger partial charge in [-0.15, -0.1) is 0 Å². The highest BCUT2D eigenvalue weighted by molar-refractivity contribution is 5.78. The Morgan fingerprint density at radius 3 is 2.87 bits per heavy atom. The summed E-state index contributed by atoms with van der Waals surface area (Å²) < 4.78 is 5.61. The summed E-state index contributed by atoms with van der Waals surface area (Å²) in [5, 5.41) is 0. The van der Waals surface area contributed by atoms with Crippen LogP contribution >= 0.6 is 0 Å². The van der Waals surface area contributed by atoms with Crippen molar-refractivity contribution in [1.29, 1.82) is 0 Å². The zero-order valence-corrected chi connectivity index (χ0v) is 14.0. The Kier molecular flexibility index (Phi) is 3.71. The van der Waals surface area contributed by atoms with Crippen LogP contribution in [0.25, 0.3) is 0 Å². The van der Waals surface area contributed by atoms with Crippen LogP contribution in [0.4, 0.5) is 0 Å². The smallest absolute Gasteiger partial charge is 0.302 e. The van der Waals surface area contributed by atoms with Crippen molar-refractivity contribution in [2.75, 3.05) is 0 Å². The van der Waals surface area contributed by atoms with Gasteiger partial charge in [0.05, 0.1) is 12.2 Å². The largest absolute Gasteiger partial charge is 0.461 e. The molecule has 0 aromatic rings. The summed E-state index contributed by atoms with van der Waals surface area (Å²) in [6.45, 7) is 3.67. The average molecular weight is 318 g/mol. The molecule has 0 radical (unpaired) electrons. The molecule has 0 saturated carbocycles. The van der Waals surface area contributed by atoms with Crippen LogP contribution in [0, 0.1) is 0 Å². The molecule has 0 bridgehead atoms. The molecule has 4 aliphatic heterocycles. The highest BCUT2D eigenvalue weighted by atomic mass is 16.5. The van der Waals surface area contributed by atoms with Gasteiger partial charge in [0.25, 0.3) is 0 Å². The van der Waals surface area contributed by atoms with Gasteiger partial charge in [-0.25, -0.2) is 0 Å². The summed E-state index contributed by atoms with van der Waals surface area (Å²) >= 11 is 0. The molecule has 4 rings (SSSR count). The van der Waals surface area contributed by atoms with Gasteiger partial charge in [-0.05, 0) is 45.4 Å². The molecule has 126 valence electrons. The number of amides is 1. The summed E-state index contributed by atoms with van der Waals surface area (Å²) in [5.74, 6) is 0.117. The Balaban J connectivity index is 1.67. The molecule has 0 aromatic carbocycles. The third-order valence-electron chi connectivity index (χ3n) is 6.01. The van der Waals surface area contributed by atoms with Crippen LogP contribution in [0.1, 0.15) is 58.8 Å². The maximum atomic E-state index is 12.5. The van der Waals surface area contributed by atoms with E-state index in [2.05, 4.69) is 22.8 Å². The van der Waals surface area contributed by atoms with E-state index >= 15 is 0 Å². The molecule has 3 fully saturated rings. The number of nitrogens with zero attached hydrogens (tertiary/aromatic N) is 2. The van der Waals surface area contributed by atoms with Crippen LogP contribution in [-0.4, -0.2) is 52.1 Å². The van der Waals surface area contributed by atoms with Gasteiger partial charge in [0.2, 0.25) is 5.91 Å². The lowest BCUT2D eigenvalue weighted by Gasteiger charge is -2.60. The first kappa shape index (κ1) is 15.2. The zero-order chi connectivity index (χ0) is 16.1. The molecule has 0 spiro atoms. The van der Waals surface area contributed by atoms with Crippen LogP contribution in [-0.2, 0) is 14.3 Å². The number of piperidine rings is 2. The van der Waals surface area contributed by atoms with E-state index < -0.39 is 0 Å². The van der Waals surface area contributed by atoms with E-state index in [9.17, 15) is 9.59 Å². The summed E-state index contributed by atoms with van der Waals surface area (Å²) in [7, 11) is 0. The molecule has 4 aliphatic rings. The molecule has 5 nitrogen and oxygen atoms in total. The molecular formula is C18H26N2O3. The predicted octanol–water partition coefficient (Wildman–Crippen LogP) is 2.21. The Bertz CT molecular complexity index is 558. The van der Waals surface area contributed by atoms with Crippen molar-refractivity contribution in [2.24, 2.45) is 0 Å². The molecular weight excluding hydrogens is 292 g/mol. The maximum Gasteiger partial charge on any atom is 0.302 e. The Labute approximate surface area is 137 Å². The first-order chi connectivity index (χ1) is 11.0. The van der Waals surface area contributed by atoms with E-state index in [1.807, 2.05) is 0 Å². The first-order valence-corrected chi connectivity index (χ1v) is 8.97.